The first kappa shape index (κ1) is 20.5. The van der Waals surface area contributed by atoms with Crippen LogP contribution in [0.2, 0.25) is 0 Å². The number of hydrogen-bond donors (Lipinski definition) is 0. The summed E-state index contributed by atoms with van der Waals surface area (Å²) in [7, 11) is -2.31. The van der Waals surface area contributed by atoms with E-state index in [1.54, 1.807) is 41.3 Å². The number of benzene rings is 2. The van der Waals surface area contributed by atoms with Gasteiger partial charge in [0.15, 0.2) is 0 Å². The van der Waals surface area contributed by atoms with E-state index in [1.165, 1.54) is 23.5 Å². The van der Waals surface area contributed by atoms with E-state index in [4.69, 9.17) is 0 Å². The van der Waals surface area contributed by atoms with E-state index in [0.29, 0.717) is 28.7 Å². The summed E-state index contributed by atoms with van der Waals surface area (Å²) in [5.74, 6) is -0.665. The molecule has 0 aliphatic carbocycles. The number of carbonyl (C=O) groups is 2. The third kappa shape index (κ3) is 4.26. The third-order valence-corrected chi connectivity index (χ3v) is 6.90. The molecule has 0 aromatic heterocycles. The van der Waals surface area contributed by atoms with E-state index >= 15 is 0 Å². The highest BCUT2D eigenvalue weighted by Gasteiger charge is 2.30. The molecule has 2 aromatic rings. The van der Waals surface area contributed by atoms with Crippen molar-refractivity contribution in [2.24, 2.45) is 0 Å². The first-order valence-corrected chi connectivity index (χ1v) is 10.8. The van der Waals surface area contributed by atoms with Crippen LogP contribution in [0.4, 0.5) is 0 Å². The second-order valence-electron chi connectivity index (χ2n) is 6.22. The fourth-order valence-corrected chi connectivity index (χ4v) is 4.98. The summed E-state index contributed by atoms with van der Waals surface area (Å²) in [5, 5.41) is 0. The highest BCUT2D eigenvalue weighted by Crippen LogP contribution is 2.21. The zero-order chi connectivity index (χ0) is 20.3. The molecule has 0 spiro atoms. The van der Waals surface area contributed by atoms with Crippen LogP contribution < -0.4 is 0 Å². The number of halogens is 1. The number of hydrogen-bond acceptors (Lipinski definition) is 5. The summed E-state index contributed by atoms with van der Waals surface area (Å²) in [6, 6.07) is 12.8. The van der Waals surface area contributed by atoms with Crippen molar-refractivity contribution < 1.29 is 22.7 Å². The Balaban J connectivity index is 1.66. The van der Waals surface area contributed by atoms with Crippen LogP contribution in [0.5, 0.6) is 0 Å². The first-order chi connectivity index (χ1) is 13.3. The second-order valence-corrected chi connectivity index (χ2v) is 9.08. The molecular weight excluding hydrogens is 448 g/mol. The van der Waals surface area contributed by atoms with Crippen LogP contribution in [0.3, 0.4) is 0 Å². The molecule has 0 atom stereocenters. The van der Waals surface area contributed by atoms with Crippen molar-refractivity contribution in [1.29, 1.82) is 0 Å². The number of rotatable bonds is 4. The molecule has 1 aliphatic rings. The van der Waals surface area contributed by atoms with Crippen LogP contribution in [0.15, 0.2) is 57.9 Å². The van der Waals surface area contributed by atoms with Gasteiger partial charge in [-0.3, -0.25) is 4.79 Å². The topological polar surface area (TPSA) is 84.0 Å². The van der Waals surface area contributed by atoms with Crippen molar-refractivity contribution in [2.75, 3.05) is 33.3 Å². The number of carbonyl (C=O) groups excluding carboxylic acids is 2. The van der Waals surface area contributed by atoms with Crippen LogP contribution in [0, 0.1) is 0 Å². The first-order valence-electron chi connectivity index (χ1n) is 8.56. The molecular formula is C19H19BrN2O5S. The summed E-state index contributed by atoms with van der Waals surface area (Å²) in [6.45, 7) is 1.04. The van der Waals surface area contributed by atoms with Gasteiger partial charge in [-0.2, -0.15) is 4.31 Å². The lowest BCUT2D eigenvalue weighted by molar-refractivity contribution is 0.0599. The Morgan fingerprint density at radius 3 is 2.14 bits per heavy atom. The summed E-state index contributed by atoms with van der Waals surface area (Å²) in [4.78, 5) is 26.0. The SMILES string of the molecule is COC(=O)c1ccc(C(=O)N2CCN(S(=O)(=O)c3cccc(Br)c3)CC2)cc1. The minimum absolute atomic E-state index is 0.198. The van der Waals surface area contributed by atoms with Crippen molar-refractivity contribution in [2.45, 2.75) is 4.90 Å². The Morgan fingerprint density at radius 1 is 0.964 bits per heavy atom. The van der Waals surface area contributed by atoms with Gasteiger partial charge in [0.05, 0.1) is 17.6 Å². The number of amides is 1. The van der Waals surface area contributed by atoms with Crippen LogP contribution in [-0.4, -0.2) is 62.8 Å². The molecule has 148 valence electrons. The van der Waals surface area contributed by atoms with Crippen LogP contribution in [-0.2, 0) is 14.8 Å². The highest BCUT2D eigenvalue weighted by molar-refractivity contribution is 9.10. The normalized spacial score (nSPS) is 15.3. The van der Waals surface area contributed by atoms with Gasteiger partial charge in [-0.05, 0) is 42.5 Å². The molecule has 0 bridgehead atoms. The molecule has 1 amide bonds. The highest BCUT2D eigenvalue weighted by atomic mass is 79.9. The van der Waals surface area contributed by atoms with Gasteiger partial charge >= 0.3 is 5.97 Å². The molecule has 0 radical (unpaired) electrons. The van der Waals surface area contributed by atoms with Gasteiger partial charge in [0, 0.05) is 36.2 Å². The Hall–Kier alpha value is -2.23. The van der Waals surface area contributed by atoms with Crippen molar-refractivity contribution in [1.82, 2.24) is 9.21 Å². The number of piperazine rings is 1. The van der Waals surface area contributed by atoms with Crippen molar-refractivity contribution in [3.05, 3.63) is 64.1 Å². The zero-order valence-corrected chi connectivity index (χ0v) is 17.6. The van der Waals surface area contributed by atoms with Crippen molar-refractivity contribution in [3.63, 3.8) is 0 Å². The van der Waals surface area contributed by atoms with Gasteiger partial charge in [-0.15, -0.1) is 0 Å². The third-order valence-electron chi connectivity index (χ3n) is 4.51. The monoisotopic (exact) mass is 466 g/mol. The molecule has 1 fully saturated rings. The van der Waals surface area contributed by atoms with E-state index in [0.717, 1.165) is 0 Å². The standard InChI is InChI=1S/C19H19BrN2O5S/c1-27-19(24)15-7-5-14(6-8-15)18(23)21-9-11-22(12-10-21)28(25,26)17-4-2-3-16(20)13-17/h2-8,13H,9-12H2,1H3. The lowest BCUT2D eigenvalue weighted by Crippen LogP contribution is -2.50. The average Bonchev–Trinajstić information content (AvgIpc) is 2.73. The van der Waals surface area contributed by atoms with Crippen LogP contribution >= 0.6 is 15.9 Å². The fourth-order valence-electron chi connectivity index (χ4n) is 2.96. The largest absolute Gasteiger partial charge is 0.465 e. The van der Waals surface area contributed by atoms with Gasteiger partial charge in [0.1, 0.15) is 0 Å². The van der Waals surface area contributed by atoms with Gasteiger partial charge in [0.2, 0.25) is 10.0 Å². The molecule has 2 aromatic carbocycles. The molecule has 28 heavy (non-hydrogen) atoms. The van der Waals surface area contributed by atoms with E-state index < -0.39 is 16.0 Å². The van der Waals surface area contributed by atoms with Crippen LogP contribution in [0.1, 0.15) is 20.7 Å². The van der Waals surface area contributed by atoms with E-state index in [2.05, 4.69) is 20.7 Å². The zero-order valence-electron chi connectivity index (χ0n) is 15.2. The molecule has 1 heterocycles. The fraction of sp³-hybridized carbons (Fsp3) is 0.263. The molecule has 7 nitrogen and oxygen atoms in total. The summed E-state index contributed by atoms with van der Waals surface area (Å²) in [5.41, 5.74) is 0.805. The van der Waals surface area contributed by atoms with Gasteiger partial charge in [-0.1, -0.05) is 22.0 Å². The number of ether oxygens (including phenoxy) is 1. The maximum absolute atomic E-state index is 12.8. The molecule has 0 N–H and O–H groups in total. The summed E-state index contributed by atoms with van der Waals surface area (Å²) < 4.78 is 32.3. The Kier molecular flexibility index (Phi) is 6.17. The van der Waals surface area contributed by atoms with E-state index in [1.807, 2.05) is 0 Å². The lowest BCUT2D eigenvalue weighted by atomic mass is 10.1. The molecule has 9 heteroatoms. The molecule has 3 rings (SSSR count). The summed E-state index contributed by atoms with van der Waals surface area (Å²) in [6.07, 6.45) is 0. The summed E-state index contributed by atoms with van der Waals surface area (Å²) >= 11 is 3.29. The van der Waals surface area contributed by atoms with Gasteiger partial charge in [-0.25, -0.2) is 13.2 Å². The second kappa shape index (κ2) is 8.42. The molecule has 1 aliphatic heterocycles. The molecule has 0 unspecified atom stereocenters. The molecule has 0 saturated carbocycles. The minimum Gasteiger partial charge on any atom is -0.465 e. The molecule has 1 saturated heterocycles. The predicted molar refractivity (Wildman–Crippen MR) is 107 cm³/mol. The smallest absolute Gasteiger partial charge is 0.337 e. The van der Waals surface area contributed by atoms with E-state index in [9.17, 15) is 18.0 Å². The van der Waals surface area contributed by atoms with Crippen LogP contribution in [0.25, 0.3) is 0 Å². The maximum Gasteiger partial charge on any atom is 0.337 e. The Labute approximate surface area is 172 Å². The predicted octanol–water partition coefficient (Wildman–Crippen LogP) is 2.38. The number of methoxy groups -OCH3 is 1. The maximum atomic E-state index is 12.8. The van der Waals surface area contributed by atoms with Crippen molar-refractivity contribution >= 4 is 37.8 Å². The number of esters is 1. The lowest BCUT2D eigenvalue weighted by Gasteiger charge is -2.34. The quantitative estimate of drug-likeness (QED) is 0.645. The van der Waals surface area contributed by atoms with Gasteiger partial charge in [0.25, 0.3) is 5.91 Å². The Bertz CT molecular complexity index is 984. The average molecular weight is 467 g/mol. The van der Waals surface area contributed by atoms with E-state index in [-0.39, 0.29) is 23.9 Å². The number of sulfonamides is 1. The van der Waals surface area contributed by atoms with Crippen molar-refractivity contribution in [3.8, 4) is 0 Å². The Morgan fingerprint density at radius 2 is 1.57 bits per heavy atom. The number of nitrogens with zero attached hydrogens (tertiary/aromatic N) is 2. The van der Waals surface area contributed by atoms with Gasteiger partial charge < -0.3 is 9.64 Å². The minimum atomic E-state index is -3.60.